The van der Waals surface area contributed by atoms with E-state index in [4.69, 9.17) is 16.3 Å². The number of nitrogens with one attached hydrogen (secondary N) is 2. The quantitative estimate of drug-likeness (QED) is 0.543. The normalized spacial score (nSPS) is 14.3. The molecule has 3 aromatic rings. The highest BCUT2D eigenvalue weighted by Gasteiger charge is 2.20. The van der Waals surface area contributed by atoms with Gasteiger partial charge in [0.25, 0.3) is 0 Å². The number of ether oxygens (including phenoxy) is 1. The lowest BCUT2D eigenvalue weighted by molar-refractivity contribution is -0.113. The lowest BCUT2D eigenvalue weighted by atomic mass is 10.2. The van der Waals surface area contributed by atoms with Crippen molar-refractivity contribution in [3.63, 3.8) is 0 Å². The van der Waals surface area contributed by atoms with E-state index in [9.17, 15) is 4.79 Å². The van der Waals surface area contributed by atoms with Crippen LogP contribution in [0.4, 0.5) is 5.82 Å². The number of benzene rings is 1. The first-order valence-corrected chi connectivity index (χ1v) is 10.7. The number of aromatic nitrogens is 5. The predicted molar refractivity (Wildman–Crippen MR) is 112 cm³/mol. The van der Waals surface area contributed by atoms with Gasteiger partial charge in [0.2, 0.25) is 11.1 Å². The van der Waals surface area contributed by atoms with Crippen LogP contribution in [-0.4, -0.2) is 43.7 Å². The number of carbonyl (C=O) groups is 1. The van der Waals surface area contributed by atoms with Crippen LogP contribution in [0.5, 0.6) is 5.75 Å². The standard InChI is InChI=1S/C19H21ClN6O2S/c1-28-15-7-6-12(20)10-14(15)18-23-19(25-24-18)29-11-17(27)22-16-8-9-21-26(16)13-4-2-3-5-13/h6-10,13H,2-5,11H2,1H3,(H,22,27)(H,23,24,25). The fourth-order valence-corrected chi connectivity index (χ4v) is 4.23. The number of hydrogen-bond acceptors (Lipinski definition) is 6. The minimum Gasteiger partial charge on any atom is -0.496 e. The molecule has 1 aromatic carbocycles. The summed E-state index contributed by atoms with van der Waals surface area (Å²) in [6.07, 6.45) is 6.34. The molecule has 1 saturated carbocycles. The maximum absolute atomic E-state index is 12.4. The van der Waals surface area contributed by atoms with Crippen LogP contribution in [0.1, 0.15) is 31.7 Å². The Labute approximate surface area is 177 Å². The number of anilines is 1. The first-order valence-electron chi connectivity index (χ1n) is 9.36. The van der Waals surface area contributed by atoms with E-state index in [0.717, 1.165) is 18.7 Å². The van der Waals surface area contributed by atoms with Crippen LogP contribution in [0, 0.1) is 0 Å². The van der Waals surface area contributed by atoms with E-state index < -0.39 is 0 Å². The van der Waals surface area contributed by atoms with E-state index in [1.807, 2.05) is 10.7 Å². The summed E-state index contributed by atoms with van der Waals surface area (Å²) in [7, 11) is 1.58. The van der Waals surface area contributed by atoms with Crippen molar-refractivity contribution >= 4 is 35.1 Å². The second-order valence-electron chi connectivity index (χ2n) is 6.75. The molecule has 0 spiro atoms. The Kier molecular flexibility index (Phi) is 6.05. The Morgan fingerprint density at radius 1 is 1.38 bits per heavy atom. The van der Waals surface area contributed by atoms with Gasteiger partial charge in [-0.15, -0.1) is 5.10 Å². The first-order chi connectivity index (χ1) is 14.1. The van der Waals surface area contributed by atoms with Gasteiger partial charge in [-0.2, -0.15) is 5.10 Å². The van der Waals surface area contributed by atoms with E-state index in [-0.39, 0.29) is 11.7 Å². The molecule has 0 bridgehead atoms. The average Bonchev–Trinajstić information content (AvgIpc) is 3.47. The van der Waals surface area contributed by atoms with Gasteiger partial charge in [0.15, 0.2) is 5.82 Å². The van der Waals surface area contributed by atoms with Gasteiger partial charge < -0.3 is 10.1 Å². The molecule has 1 aliphatic carbocycles. The number of thioether (sulfide) groups is 1. The third-order valence-electron chi connectivity index (χ3n) is 4.82. The van der Waals surface area contributed by atoms with Gasteiger partial charge in [-0.05, 0) is 31.0 Å². The number of rotatable bonds is 7. The minimum absolute atomic E-state index is 0.124. The topological polar surface area (TPSA) is 97.7 Å². The summed E-state index contributed by atoms with van der Waals surface area (Å²) in [6, 6.07) is 7.48. The molecule has 0 saturated heterocycles. The second kappa shape index (κ2) is 8.87. The summed E-state index contributed by atoms with van der Waals surface area (Å²) in [5.74, 6) is 1.98. The molecule has 0 atom stereocenters. The third kappa shape index (κ3) is 4.56. The van der Waals surface area contributed by atoms with Crippen LogP contribution in [-0.2, 0) is 4.79 Å². The minimum atomic E-state index is -0.124. The van der Waals surface area contributed by atoms with Crippen molar-refractivity contribution in [2.75, 3.05) is 18.2 Å². The SMILES string of the molecule is COc1ccc(Cl)cc1-c1nc(SCC(=O)Nc2ccnn2C2CCCC2)n[nH]1. The monoisotopic (exact) mass is 432 g/mol. The summed E-state index contributed by atoms with van der Waals surface area (Å²) in [4.78, 5) is 16.8. The van der Waals surface area contributed by atoms with Crippen molar-refractivity contribution in [1.82, 2.24) is 25.0 Å². The maximum Gasteiger partial charge on any atom is 0.235 e. The summed E-state index contributed by atoms with van der Waals surface area (Å²) >= 11 is 7.33. The van der Waals surface area contributed by atoms with Crippen LogP contribution in [0.3, 0.4) is 0 Å². The fourth-order valence-electron chi connectivity index (χ4n) is 3.46. The molecule has 8 nitrogen and oxygen atoms in total. The summed E-state index contributed by atoms with van der Waals surface area (Å²) in [5, 5.41) is 15.4. The molecule has 152 valence electrons. The smallest absolute Gasteiger partial charge is 0.235 e. The van der Waals surface area contributed by atoms with Gasteiger partial charge >= 0.3 is 0 Å². The molecule has 2 N–H and O–H groups in total. The molecule has 0 aliphatic heterocycles. The number of carbonyl (C=O) groups excluding carboxylic acids is 1. The van der Waals surface area contributed by atoms with Crippen molar-refractivity contribution in [2.24, 2.45) is 0 Å². The van der Waals surface area contributed by atoms with E-state index in [1.54, 1.807) is 31.5 Å². The number of aromatic amines is 1. The van der Waals surface area contributed by atoms with Crippen molar-refractivity contribution in [2.45, 2.75) is 36.9 Å². The lowest BCUT2D eigenvalue weighted by Crippen LogP contribution is -2.19. The fraction of sp³-hybridized carbons (Fsp3) is 0.368. The Morgan fingerprint density at radius 3 is 3.00 bits per heavy atom. The van der Waals surface area contributed by atoms with Crippen LogP contribution < -0.4 is 10.1 Å². The highest BCUT2D eigenvalue weighted by molar-refractivity contribution is 7.99. The zero-order chi connectivity index (χ0) is 20.2. The van der Waals surface area contributed by atoms with Gasteiger partial charge in [-0.25, -0.2) is 9.67 Å². The molecule has 0 radical (unpaired) electrons. The summed E-state index contributed by atoms with van der Waals surface area (Å²) < 4.78 is 7.27. The summed E-state index contributed by atoms with van der Waals surface area (Å²) in [6.45, 7) is 0. The Morgan fingerprint density at radius 2 is 2.21 bits per heavy atom. The molecule has 10 heteroatoms. The lowest BCUT2D eigenvalue weighted by Gasteiger charge is -2.14. The van der Waals surface area contributed by atoms with E-state index in [0.29, 0.717) is 33.4 Å². The molecule has 0 unspecified atom stereocenters. The van der Waals surface area contributed by atoms with Crippen molar-refractivity contribution in [3.8, 4) is 17.1 Å². The highest BCUT2D eigenvalue weighted by atomic mass is 35.5. The zero-order valence-corrected chi connectivity index (χ0v) is 17.5. The number of amides is 1. The largest absolute Gasteiger partial charge is 0.496 e. The molecular formula is C19H21ClN6O2S. The third-order valence-corrected chi connectivity index (χ3v) is 5.90. The Hall–Kier alpha value is -2.52. The van der Waals surface area contributed by atoms with Crippen molar-refractivity contribution in [1.29, 1.82) is 0 Å². The molecule has 1 amide bonds. The van der Waals surface area contributed by atoms with Gasteiger partial charge in [0, 0.05) is 11.1 Å². The van der Waals surface area contributed by atoms with Crippen LogP contribution >= 0.6 is 23.4 Å². The maximum atomic E-state index is 12.4. The first kappa shape index (κ1) is 19.8. The second-order valence-corrected chi connectivity index (χ2v) is 8.13. The van der Waals surface area contributed by atoms with Crippen LogP contribution in [0.15, 0.2) is 35.6 Å². The number of nitrogens with zero attached hydrogens (tertiary/aromatic N) is 4. The molecular weight excluding hydrogens is 412 g/mol. The van der Waals surface area contributed by atoms with Gasteiger partial charge in [0.05, 0.1) is 30.7 Å². The van der Waals surface area contributed by atoms with E-state index in [1.165, 1.54) is 24.6 Å². The van der Waals surface area contributed by atoms with Crippen molar-refractivity contribution < 1.29 is 9.53 Å². The number of H-pyrrole nitrogens is 1. The molecule has 4 rings (SSSR count). The number of halogens is 1. The zero-order valence-electron chi connectivity index (χ0n) is 15.9. The molecule has 29 heavy (non-hydrogen) atoms. The van der Waals surface area contributed by atoms with E-state index >= 15 is 0 Å². The molecule has 2 aromatic heterocycles. The molecule has 1 aliphatic rings. The van der Waals surface area contributed by atoms with E-state index in [2.05, 4.69) is 25.6 Å². The molecule has 2 heterocycles. The van der Waals surface area contributed by atoms with Crippen LogP contribution in [0.2, 0.25) is 5.02 Å². The number of hydrogen-bond donors (Lipinski definition) is 2. The Bertz CT molecular complexity index is 998. The van der Waals surface area contributed by atoms with Crippen molar-refractivity contribution in [3.05, 3.63) is 35.5 Å². The van der Waals surface area contributed by atoms with Gasteiger partial charge in [-0.3, -0.25) is 9.89 Å². The average molecular weight is 433 g/mol. The predicted octanol–water partition coefficient (Wildman–Crippen LogP) is 4.18. The summed E-state index contributed by atoms with van der Waals surface area (Å²) in [5.41, 5.74) is 0.712. The van der Waals surface area contributed by atoms with Gasteiger partial charge in [0.1, 0.15) is 11.6 Å². The van der Waals surface area contributed by atoms with Gasteiger partial charge in [-0.1, -0.05) is 36.2 Å². The Balaban J connectivity index is 1.38. The molecule has 1 fully saturated rings. The highest BCUT2D eigenvalue weighted by Crippen LogP contribution is 2.32. The van der Waals surface area contributed by atoms with Crippen LogP contribution in [0.25, 0.3) is 11.4 Å². The number of methoxy groups -OCH3 is 1.